The van der Waals surface area contributed by atoms with Crippen molar-refractivity contribution < 1.29 is 0 Å². The summed E-state index contributed by atoms with van der Waals surface area (Å²) in [5.41, 5.74) is 3.25. The van der Waals surface area contributed by atoms with Crippen LogP contribution in [0.2, 0.25) is 0 Å². The van der Waals surface area contributed by atoms with Crippen molar-refractivity contribution in [2.24, 2.45) is 7.05 Å². The molecule has 1 N–H and O–H groups in total. The highest BCUT2D eigenvalue weighted by molar-refractivity contribution is 5.81. The maximum atomic E-state index is 3.32. The van der Waals surface area contributed by atoms with Gasteiger partial charge in [-0.3, -0.25) is 0 Å². The quantitative estimate of drug-likeness (QED) is 0.830. The summed E-state index contributed by atoms with van der Waals surface area (Å²) in [5, 5.41) is 4.68. The van der Waals surface area contributed by atoms with Gasteiger partial charge in [0.15, 0.2) is 0 Å². The lowest BCUT2D eigenvalue weighted by Crippen LogP contribution is -2.23. The van der Waals surface area contributed by atoms with Crippen molar-refractivity contribution in [1.82, 2.24) is 9.88 Å². The Kier molecular flexibility index (Phi) is 2.08. The van der Waals surface area contributed by atoms with E-state index >= 15 is 0 Å². The number of aromatic nitrogens is 1. The molecule has 3 rings (SSSR count). The van der Waals surface area contributed by atoms with Gasteiger partial charge in [-0.1, -0.05) is 6.07 Å². The van der Waals surface area contributed by atoms with Crippen molar-refractivity contribution in [3.05, 3.63) is 36.0 Å². The summed E-state index contributed by atoms with van der Waals surface area (Å²) in [6.07, 6.45) is 4.78. The van der Waals surface area contributed by atoms with Gasteiger partial charge in [0.25, 0.3) is 0 Å². The largest absolute Gasteiger partial charge is 0.351 e. The highest BCUT2D eigenvalue weighted by Gasteiger charge is 2.43. The zero-order valence-corrected chi connectivity index (χ0v) is 9.96. The predicted octanol–water partition coefficient (Wildman–Crippen LogP) is 2.43. The summed E-state index contributed by atoms with van der Waals surface area (Å²) >= 11 is 0. The number of aryl methyl sites for hydroxylation is 1. The molecule has 0 saturated heterocycles. The summed E-state index contributed by atoms with van der Waals surface area (Å²) in [7, 11) is 4.14. The first-order valence-electron chi connectivity index (χ1n) is 5.95. The minimum absolute atomic E-state index is 0.429. The predicted molar refractivity (Wildman–Crippen MR) is 67.8 cm³/mol. The van der Waals surface area contributed by atoms with E-state index in [9.17, 15) is 0 Å². The molecule has 1 heterocycles. The van der Waals surface area contributed by atoms with E-state index in [4.69, 9.17) is 0 Å². The summed E-state index contributed by atoms with van der Waals surface area (Å²) < 4.78 is 2.18. The number of nitrogens with one attached hydrogen (secondary N) is 1. The van der Waals surface area contributed by atoms with Crippen LogP contribution in [0.1, 0.15) is 18.4 Å². The van der Waals surface area contributed by atoms with E-state index in [0.717, 1.165) is 6.54 Å². The second-order valence-electron chi connectivity index (χ2n) is 5.01. The third-order valence-corrected chi connectivity index (χ3v) is 3.87. The van der Waals surface area contributed by atoms with Gasteiger partial charge in [-0.05, 0) is 49.0 Å². The number of benzene rings is 1. The minimum atomic E-state index is 0.429. The Balaban J connectivity index is 2.05. The maximum Gasteiger partial charge on any atom is 0.0477 e. The topological polar surface area (TPSA) is 17.0 Å². The highest BCUT2D eigenvalue weighted by Crippen LogP contribution is 2.48. The minimum Gasteiger partial charge on any atom is -0.351 e. The van der Waals surface area contributed by atoms with Crippen LogP contribution in [0.15, 0.2) is 30.5 Å². The number of nitrogens with zero attached hydrogens (tertiary/aromatic N) is 1. The van der Waals surface area contributed by atoms with E-state index in [1.165, 1.54) is 29.3 Å². The number of fused-ring (bicyclic) bond motifs is 1. The second-order valence-corrected chi connectivity index (χ2v) is 5.01. The number of hydrogen-bond acceptors (Lipinski definition) is 1. The molecule has 0 atom stereocenters. The van der Waals surface area contributed by atoms with E-state index in [0.29, 0.717) is 5.41 Å². The van der Waals surface area contributed by atoms with Crippen LogP contribution in [0.25, 0.3) is 10.9 Å². The van der Waals surface area contributed by atoms with Crippen LogP contribution < -0.4 is 5.32 Å². The van der Waals surface area contributed by atoms with Gasteiger partial charge in [-0.2, -0.15) is 0 Å². The van der Waals surface area contributed by atoms with Crippen molar-refractivity contribution in [2.75, 3.05) is 13.6 Å². The number of rotatable bonds is 3. The van der Waals surface area contributed by atoms with E-state index in [2.05, 4.69) is 47.4 Å². The summed E-state index contributed by atoms with van der Waals surface area (Å²) in [6.45, 7) is 1.10. The van der Waals surface area contributed by atoms with Gasteiger partial charge in [0, 0.05) is 30.7 Å². The number of likely N-dealkylation sites (N-methyl/N-ethyl adjacent to an activating group) is 1. The molecule has 2 heteroatoms. The first-order valence-corrected chi connectivity index (χ1v) is 5.95. The van der Waals surface area contributed by atoms with Crippen LogP contribution in [0.4, 0.5) is 0 Å². The molecule has 1 aromatic carbocycles. The van der Waals surface area contributed by atoms with Crippen molar-refractivity contribution in [2.45, 2.75) is 18.3 Å². The molecule has 1 aromatic heterocycles. The Labute approximate surface area is 96.3 Å². The van der Waals surface area contributed by atoms with Crippen molar-refractivity contribution in [1.29, 1.82) is 0 Å². The summed E-state index contributed by atoms with van der Waals surface area (Å²) in [5.74, 6) is 0. The molecule has 0 aliphatic heterocycles. The van der Waals surface area contributed by atoms with Crippen LogP contribution in [0.3, 0.4) is 0 Å². The third-order valence-electron chi connectivity index (χ3n) is 3.87. The van der Waals surface area contributed by atoms with E-state index in [1.54, 1.807) is 0 Å². The molecule has 0 unspecified atom stereocenters. The molecule has 1 saturated carbocycles. The van der Waals surface area contributed by atoms with Crippen LogP contribution in [-0.2, 0) is 12.5 Å². The molecule has 84 valence electrons. The fourth-order valence-electron chi connectivity index (χ4n) is 2.67. The molecular weight excluding hydrogens is 196 g/mol. The lowest BCUT2D eigenvalue weighted by atomic mass is 9.95. The van der Waals surface area contributed by atoms with Gasteiger partial charge in [0.1, 0.15) is 0 Å². The molecule has 16 heavy (non-hydrogen) atoms. The monoisotopic (exact) mass is 214 g/mol. The molecule has 2 aromatic rings. The van der Waals surface area contributed by atoms with Gasteiger partial charge >= 0.3 is 0 Å². The fraction of sp³-hybridized carbons (Fsp3) is 0.429. The van der Waals surface area contributed by atoms with E-state index in [-0.39, 0.29) is 0 Å². The Bertz CT molecular complexity index is 521. The molecule has 1 aliphatic carbocycles. The summed E-state index contributed by atoms with van der Waals surface area (Å²) in [4.78, 5) is 0. The van der Waals surface area contributed by atoms with Gasteiger partial charge in [0.05, 0.1) is 0 Å². The molecule has 1 aliphatic rings. The average Bonchev–Trinajstić information content (AvgIpc) is 2.99. The highest BCUT2D eigenvalue weighted by atomic mass is 14.9. The first-order chi connectivity index (χ1) is 7.75. The lowest BCUT2D eigenvalue weighted by Gasteiger charge is -2.15. The smallest absolute Gasteiger partial charge is 0.0477 e. The van der Waals surface area contributed by atoms with Crippen LogP contribution in [0, 0.1) is 0 Å². The zero-order valence-electron chi connectivity index (χ0n) is 9.96. The molecule has 0 bridgehead atoms. The molecule has 0 radical (unpaired) electrons. The van der Waals surface area contributed by atoms with Gasteiger partial charge in [0.2, 0.25) is 0 Å². The fourth-order valence-corrected chi connectivity index (χ4v) is 2.67. The Morgan fingerprint density at radius 3 is 2.81 bits per heavy atom. The third kappa shape index (κ3) is 1.37. The Morgan fingerprint density at radius 2 is 2.12 bits per heavy atom. The molecule has 0 spiro atoms. The van der Waals surface area contributed by atoms with Gasteiger partial charge in [-0.15, -0.1) is 0 Å². The van der Waals surface area contributed by atoms with Crippen LogP contribution in [-0.4, -0.2) is 18.2 Å². The van der Waals surface area contributed by atoms with Gasteiger partial charge < -0.3 is 9.88 Å². The Hall–Kier alpha value is -1.28. The average molecular weight is 214 g/mol. The number of hydrogen-bond donors (Lipinski definition) is 1. The van der Waals surface area contributed by atoms with Crippen molar-refractivity contribution in [3.63, 3.8) is 0 Å². The molecule has 1 fully saturated rings. The van der Waals surface area contributed by atoms with Crippen molar-refractivity contribution >= 4 is 10.9 Å². The zero-order chi connectivity index (χ0) is 11.2. The molecule has 0 amide bonds. The van der Waals surface area contributed by atoms with Crippen molar-refractivity contribution in [3.8, 4) is 0 Å². The van der Waals surface area contributed by atoms with Crippen LogP contribution >= 0.6 is 0 Å². The SMILES string of the molecule is CNCC1(c2ccc3c(ccn3C)c2)CC1. The normalized spacial score (nSPS) is 17.9. The lowest BCUT2D eigenvalue weighted by molar-refractivity contribution is 0.625. The van der Waals surface area contributed by atoms with E-state index in [1.807, 2.05) is 7.05 Å². The standard InChI is InChI=1S/C14H18N2/c1-15-10-14(6-7-14)12-3-4-13-11(9-12)5-8-16(13)2/h3-5,8-9,15H,6-7,10H2,1-2H3. The first kappa shape index (κ1) is 9.91. The Morgan fingerprint density at radius 1 is 1.31 bits per heavy atom. The molecule has 2 nitrogen and oxygen atoms in total. The molecular formula is C14H18N2. The maximum absolute atomic E-state index is 3.32. The van der Waals surface area contributed by atoms with E-state index < -0.39 is 0 Å². The van der Waals surface area contributed by atoms with Crippen LogP contribution in [0.5, 0.6) is 0 Å². The second kappa shape index (κ2) is 3.36. The summed E-state index contributed by atoms with van der Waals surface area (Å²) in [6, 6.07) is 9.11. The van der Waals surface area contributed by atoms with Gasteiger partial charge in [-0.25, -0.2) is 0 Å².